The van der Waals surface area contributed by atoms with Gasteiger partial charge in [0.1, 0.15) is 0 Å². The van der Waals surface area contributed by atoms with E-state index in [1.165, 1.54) is 17.4 Å². The molecule has 47 heavy (non-hydrogen) atoms. The number of nitrogens with zero attached hydrogens (tertiary/aromatic N) is 5. The molecule has 6 rings (SSSR count). The van der Waals surface area contributed by atoms with Gasteiger partial charge in [-0.2, -0.15) is 9.40 Å². The summed E-state index contributed by atoms with van der Waals surface area (Å²) in [5.41, 5.74) is 7.85. The molecular formula is C37H42ClN5O3S. The predicted molar refractivity (Wildman–Crippen MR) is 188 cm³/mol. The van der Waals surface area contributed by atoms with Crippen molar-refractivity contribution in [3.8, 4) is 23.1 Å². The summed E-state index contributed by atoms with van der Waals surface area (Å²) in [6, 6.07) is 24.6. The lowest BCUT2D eigenvalue weighted by atomic mass is 10.0. The second-order valence-corrected chi connectivity index (χ2v) is 14.8. The van der Waals surface area contributed by atoms with E-state index in [2.05, 4.69) is 69.8 Å². The molecule has 0 amide bonds. The Hall–Kier alpha value is -3.49. The molecule has 0 unspecified atom stereocenters. The number of benzene rings is 3. The summed E-state index contributed by atoms with van der Waals surface area (Å²) < 4.78 is 34.2. The number of hydrogen-bond acceptors (Lipinski definition) is 6. The van der Waals surface area contributed by atoms with Gasteiger partial charge >= 0.3 is 0 Å². The molecule has 3 aromatic carbocycles. The van der Waals surface area contributed by atoms with Crippen LogP contribution in [0.4, 0.5) is 0 Å². The number of aryl methyl sites for hydroxylation is 1. The van der Waals surface area contributed by atoms with Gasteiger partial charge in [0.25, 0.3) is 0 Å². The average molecular weight is 672 g/mol. The van der Waals surface area contributed by atoms with Crippen molar-refractivity contribution in [3.05, 3.63) is 111 Å². The number of sulfonamides is 1. The summed E-state index contributed by atoms with van der Waals surface area (Å²) in [5.74, 6) is 6.62. The van der Waals surface area contributed by atoms with E-state index >= 15 is 0 Å². The maximum absolute atomic E-state index is 12.5. The first kappa shape index (κ1) is 33.4. The standard InChI is InChI=1S/C37H42ClN5O3S/c1-40(26-30-8-4-3-5-9-30)27-31-11-6-10-29(24-31)12-13-32-25-33(14-15-35(32)38)37-34-28-42(47(2,44)45)19-16-36(34)43(39-37)18-7-17-41-20-22-46-23-21-41/h3-6,8-11,14-15,24-25H,7,16-23,26-28H2,1-2H3. The maximum Gasteiger partial charge on any atom is 0.211 e. The number of aromatic nitrogens is 2. The Kier molecular flexibility index (Phi) is 10.8. The van der Waals surface area contributed by atoms with Gasteiger partial charge in [0.05, 0.1) is 30.2 Å². The molecule has 10 heteroatoms. The molecule has 0 spiro atoms. The van der Waals surface area contributed by atoms with Crippen LogP contribution in [0.3, 0.4) is 0 Å². The van der Waals surface area contributed by atoms with Crippen LogP contribution in [0.2, 0.25) is 5.02 Å². The highest BCUT2D eigenvalue weighted by molar-refractivity contribution is 7.88. The van der Waals surface area contributed by atoms with Crippen LogP contribution in [-0.2, 0) is 47.4 Å². The monoisotopic (exact) mass is 671 g/mol. The van der Waals surface area contributed by atoms with Gasteiger partial charge in [-0.05, 0) is 48.9 Å². The Labute approximate surface area is 283 Å². The van der Waals surface area contributed by atoms with Crippen molar-refractivity contribution in [3.63, 3.8) is 0 Å². The Bertz CT molecular complexity index is 1860. The molecule has 2 aliphatic rings. The fraction of sp³-hybridized carbons (Fsp3) is 0.378. The third kappa shape index (κ3) is 8.71. The molecule has 3 heterocycles. The lowest BCUT2D eigenvalue weighted by Gasteiger charge is -2.27. The summed E-state index contributed by atoms with van der Waals surface area (Å²) in [5, 5.41) is 5.64. The van der Waals surface area contributed by atoms with E-state index in [1.807, 2.05) is 36.4 Å². The normalized spacial score (nSPS) is 15.7. The second-order valence-electron chi connectivity index (χ2n) is 12.5. The summed E-state index contributed by atoms with van der Waals surface area (Å²) in [6.07, 6.45) is 2.86. The Morgan fingerprint density at radius 2 is 1.68 bits per heavy atom. The van der Waals surface area contributed by atoms with E-state index in [0.29, 0.717) is 30.1 Å². The second kappa shape index (κ2) is 15.2. The first-order valence-electron chi connectivity index (χ1n) is 16.2. The number of rotatable bonds is 10. The van der Waals surface area contributed by atoms with Gasteiger partial charge < -0.3 is 4.74 Å². The van der Waals surface area contributed by atoms with Gasteiger partial charge in [0, 0.05) is 86.7 Å². The lowest BCUT2D eigenvalue weighted by molar-refractivity contribution is 0.0368. The van der Waals surface area contributed by atoms with Gasteiger partial charge in [0.15, 0.2) is 0 Å². The number of fused-ring (bicyclic) bond motifs is 1. The average Bonchev–Trinajstić information content (AvgIpc) is 3.43. The predicted octanol–water partition coefficient (Wildman–Crippen LogP) is 5.28. The molecule has 0 radical (unpaired) electrons. The summed E-state index contributed by atoms with van der Waals surface area (Å²) in [7, 11) is -1.22. The molecule has 4 aromatic rings. The van der Waals surface area contributed by atoms with Crippen LogP contribution in [0.5, 0.6) is 0 Å². The number of ether oxygens (including phenoxy) is 1. The van der Waals surface area contributed by atoms with Gasteiger partial charge in [0.2, 0.25) is 10.0 Å². The molecule has 1 saturated heterocycles. The fourth-order valence-electron chi connectivity index (χ4n) is 6.35. The van der Waals surface area contributed by atoms with Gasteiger partial charge in [-0.25, -0.2) is 8.42 Å². The van der Waals surface area contributed by atoms with Crippen LogP contribution in [0.25, 0.3) is 11.3 Å². The first-order valence-corrected chi connectivity index (χ1v) is 18.4. The fourth-order valence-corrected chi connectivity index (χ4v) is 7.30. The molecule has 2 aliphatic heterocycles. The van der Waals surface area contributed by atoms with Crippen LogP contribution in [0, 0.1) is 11.8 Å². The van der Waals surface area contributed by atoms with Crippen molar-refractivity contribution >= 4 is 21.6 Å². The van der Waals surface area contributed by atoms with E-state index in [0.717, 1.165) is 87.0 Å². The minimum atomic E-state index is -3.34. The Morgan fingerprint density at radius 3 is 2.47 bits per heavy atom. The number of morpholine rings is 1. The quantitative estimate of drug-likeness (QED) is 0.214. The van der Waals surface area contributed by atoms with Gasteiger partial charge in [-0.3, -0.25) is 14.5 Å². The van der Waals surface area contributed by atoms with Gasteiger partial charge in [-0.15, -0.1) is 0 Å². The van der Waals surface area contributed by atoms with Crippen LogP contribution < -0.4 is 0 Å². The third-order valence-electron chi connectivity index (χ3n) is 8.77. The molecular weight excluding hydrogens is 630 g/mol. The molecule has 1 fully saturated rings. The van der Waals surface area contributed by atoms with E-state index in [9.17, 15) is 8.42 Å². The van der Waals surface area contributed by atoms with Crippen molar-refractivity contribution < 1.29 is 13.2 Å². The van der Waals surface area contributed by atoms with E-state index < -0.39 is 10.0 Å². The molecule has 0 N–H and O–H groups in total. The molecule has 8 nitrogen and oxygen atoms in total. The minimum absolute atomic E-state index is 0.308. The van der Waals surface area contributed by atoms with Crippen molar-refractivity contribution in [2.75, 3.05) is 52.7 Å². The number of halogens is 1. The van der Waals surface area contributed by atoms with Crippen molar-refractivity contribution in [1.29, 1.82) is 0 Å². The van der Waals surface area contributed by atoms with Crippen LogP contribution >= 0.6 is 11.6 Å². The van der Waals surface area contributed by atoms with Crippen molar-refractivity contribution in [1.82, 2.24) is 23.9 Å². The topological polar surface area (TPSA) is 70.9 Å². The van der Waals surface area contributed by atoms with Crippen LogP contribution in [-0.4, -0.2) is 85.0 Å². The smallest absolute Gasteiger partial charge is 0.211 e. The Balaban J connectivity index is 1.23. The Morgan fingerprint density at radius 1 is 0.915 bits per heavy atom. The zero-order chi connectivity index (χ0) is 32.8. The molecule has 0 aliphatic carbocycles. The largest absolute Gasteiger partial charge is 0.379 e. The first-order chi connectivity index (χ1) is 22.7. The van der Waals surface area contributed by atoms with E-state index in [4.69, 9.17) is 21.4 Å². The SMILES string of the molecule is CN(Cc1ccccc1)Cc1cccc(C#Cc2cc(-c3nn(CCCN4CCOCC4)c4c3CN(S(C)(=O)=O)CC4)ccc2Cl)c1. The highest BCUT2D eigenvalue weighted by Gasteiger charge is 2.30. The highest BCUT2D eigenvalue weighted by atomic mass is 35.5. The lowest BCUT2D eigenvalue weighted by Crippen LogP contribution is -2.37. The molecule has 246 valence electrons. The van der Waals surface area contributed by atoms with E-state index in [-0.39, 0.29) is 0 Å². The number of hydrogen-bond donors (Lipinski definition) is 0. The molecule has 0 atom stereocenters. The molecule has 0 bridgehead atoms. The van der Waals surface area contributed by atoms with E-state index in [1.54, 1.807) is 4.31 Å². The van der Waals surface area contributed by atoms with Crippen molar-refractivity contribution in [2.24, 2.45) is 0 Å². The zero-order valence-electron chi connectivity index (χ0n) is 27.2. The van der Waals surface area contributed by atoms with Crippen LogP contribution in [0.15, 0.2) is 72.8 Å². The molecule has 0 saturated carbocycles. The highest BCUT2D eigenvalue weighted by Crippen LogP contribution is 2.33. The zero-order valence-corrected chi connectivity index (χ0v) is 28.7. The summed E-state index contributed by atoms with van der Waals surface area (Å²) >= 11 is 6.67. The van der Waals surface area contributed by atoms with Gasteiger partial charge in [-0.1, -0.05) is 72.0 Å². The minimum Gasteiger partial charge on any atom is -0.379 e. The van der Waals surface area contributed by atoms with Crippen molar-refractivity contribution in [2.45, 2.75) is 39.0 Å². The summed E-state index contributed by atoms with van der Waals surface area (Å²) in [4.78, 5) is 4.71. The third-order valence-corrected chi connectivity index (χ3v) is 10.4. The maximum atomic E-state index is 12.5. The summed E-state index contributed by atoms with van der Waals surface area (Å²) in [6.45, 7) is 7.67. The molecule has 1 aromatic heterocycles. The van der Waals surface area contributed by atoms with Crippen LogP contribution in [0.1, 0.15) is 39.9 Å².